The molecule has 0 fully saturated rings. The number of rotatable bonds is 9. The summed E-state index contributed by atoms with van der Waals surface area (Å²) in [4.78, 5) is 8.98. The Morgan fingerprint density at radius 3 is 2.37 bits per heavy atom. The first-order chi connectivity index (χ1) is 13.2. The van der Waals surface area contributed by atoms with Crippen LogP contribution in [0, 0.1) is 0 Å². The molecule has 0 aliphatic rings. The van der Waals surface area contributed by atoms with Gasteiger partial charge in [-0.15, -0.1) is 0 Å². The van der Waals surface area contributed by atoms with Crippen molar-refractivity contribution in [2.75, 3.05) is 34.4 Å². The van der Waals surface area contributed by atoms with Crippen LogP contribution < -0.4 is 24.8 Å². The van der Waals surface area contributed by atoms with E-state index in [9.17, 15) is 0 Å². The fraction of sp³-hybridized carbons (Fsp3) is 0.400. The van der Waals surface area contributed by atoms with E-state index in [1.165, 1.54) is 0 Å². The number of nitrogens with one attached hydrogen (secondary N) is 2. The lowest BCUT2D eigenvalue weighted by atomic mass is 10.1. The number of benzene rings is 1. The van der Waals surface area contributed by atoms with Gasteiger partial charge >= 0.3 is 0 Å². The van der Waals surface area contributed by atoms with Crippen LogP contribution in [0.4, 0.5) is 0 Å². The minimum absolute atomic E-state index is 0.447. The molecule has 2 aromatic rings. The number of hydrogen-bond acceptors (Lipinski definition) is 5. The molecule has 27 heavy (non-hydrogen) atoms. The van der Waals surface area contributed by atoms with Gasteiger partial charge in [0.2, 0.25) is 0 Å². The van der Waals surface area contributed by atoms with Crippen molar-refractivity contribution in [1.29, 1.82) is 0 Å². The van der Waals surface area contributed by atoms with Gasteiger partial charge in [0.05, 0.1) is 27.9 Å². The van der Waals surface area contributed by atoms with Gasteiger partial charge in [0.1, 0.15) is 5.75 Å². The molecule has 0 amide bonds. The highest BCUT2D eigenvalue weighted by Gasteiger charge is 2.11. The quantitative estimate of drug-likeness (QED) is 0.520. The Kier molecular flexibility index (Phi) is 8.22. The average molecular weight is 372 g/mol. The van der Waals surface area contributed by atoms with Crippen molar-refractivity contribution in [2.45, 2.75) is 19.9 Å². The Labute approximate surface area is 160 Å². The zero-order valence-electron chi connectivity index (χ0n) is 16.4. The summed E-state index contributed by atoms with van der Waals surface area (Å²) in [5.74, 6) is 2.73. The number of hydrogen-bond donors (Lipinski definition) is 2. The fourth-order valence-corrected chi connectivity index (χ4v) is 2.58. The molecule has 0 radical (unpaired) electrons. The largest absolute Gasteiger partial charge is 0.496 e. The van der Waals surface area contributed by atoms with Gasteiger partial charge in [-0.2, -0.15) is 0 Å². The number of methoxy groups -OCH3 is 3. The van der Waals surface area contributed by atoms with Crippen molar-refractivity contribution in [3.63, 3.8) is 0 Å². The Bertz CT molecular complexity index is 736. The fourth-order valence-electron chi connectivity index (χ4n) is 2.58. The van der Waals surface area contributed by atoms with Crippen LogP contribution in [0.25, 0.3) is 0 Å². The second-order valence-electron chi connectivity index (χ2n) is 5.71. The van der Waals surface area contributed by atoms with Crippen LogP contribution in [-0.2, 0) is 13.0 Å². The zero-order chi connectivity index (χ0) is 19.5. The van der Waals surface area contributed by atoms with Gasteiger partial charge in [-0.05, 0) is 25.1 Å². The Hall–Kier alpha value is -2.96. The molecule has 0 atom stereocenters. The van der Waals surface area contributed by atoms with Crippen LogP contribution >= 0.6 is 0 Å². The third-order valence-corrected chi connectivity index (χ3v) is 3.94. The molecule has 7 heteroatoms. The predicted molar refractivity (Wildman–Crippen MR) is 107 cm³/mol. The Morgan fingerprint density at radius 1 is 1.00 bits per heavy atom. The zero-order valence-corrected chi connectivity index (χ0v) is 16.4. The van der Waals surface area contributed by atoms with Crippen molar-refractivity contribution < 1.29 is 14.2 Å². The van der Waals surface area contributed by atoms with Gasteiger partial charge in [-0.25, -0.2) is 4.99 Å². The maximum atomic E-state index is 5.46. The molecule has 1 aromatic carbocycles. The van der Waals surface area contributed by atoms with E-state index in [-0.39, 0.29) is 0 Å². The summed E-state index contributed by atoms with van der Waals surface area (Å²) in [7, 11) is 4.84. The number of guanidine groups is 1. The molecule has 0 saturated heterocycles. The number of ether oxygens (including phenoxy) is 3. The number of aliphatic imine (C=N–C) groups is 1. The molecule has 1 aromatic heterocycles. The minimum Gasteiger partial charge on any atom is -0.496 e. The topological polar surface area (TPSA) is 77.0 Å². The molecule has 0 aliphatic heterocycles. The molecule has 7 nitrogen and oxygen atoms in total. The molecule has 0 aliphatic carbocycles. The molecular weight excluding hydrogens is 344 g/mol. The molecule has 1 heterocycles. The van der Waals surface area contributed by atoms with Gasteiger partial charge in [0, 0.05) is 43.0 Å². The summed E-state index contributed by atoms with van der Waals surface area (Å²) in [6, 6.07) is 9.62. The third-order valence-electron chi connectivity index (χ3n) is 3.94. The van der Waals surface area contributed by atoms with E-state index >= 15 is 0 Å². The van der Waals surface area contributed by atoms with E-state index < -0.39 is 0 Å². The molecular formula is C20H28N4O3. The van der Waals surface area contributed by atoms with Crippen molar-refractivity contribution >= 4 is 5.96 Å². The SMILES string of the molecule is CCNC(=NCc1cc(OC)c(OC)cc1OC)NCCc1ccccn1. The van der Waals surface area contributed by atoms with Crippen LogP contribution in [0.1, 0.15) is 18.2 Å². The van der Waals surface area contributed by atoms with Gasteiger partial charge in [-0.1, -0.05) is 6.07 Å². The maximum absolute atomic E-state index is 5.46. The standard InChI is InChI=1S/C20H28N4O3/c1-5-21-20(23-11-9-16-8-6-7-10-22-16)24-14-15-12-18(26-3)19(27-4)13-17(15)25-2/h6-8,10,12-13H,5,9,11,14H2,1-4H3,(H2,21,23,24). The monoisotopic (exact) mass is 372 g/mol. The summed E-state index contributed by atoms with van der Waals surface area (Å²) < 4.78 is 16.2. The van der Waals surface area contributed by atoms with Crippen molar-refractivity contribution in [1.82, 2.24) is 15.6 Å². The van der Waals surface area contributed by atoms with Gasteiger partial charge in [0.25, 0.3) is 0 Å². The van der Waals surface area contributed by atoms with Gasteiger partial charge in [0.15, 0.2) is 17.5 Å². The van der Waals surface area contributed by atoms with Crippen molar-refractivity contribution in [2.24, 2.45) is 4.99 Å². The summed E-state index contributed by atoms with van der Waals surface area (Å²) in [5, 5.41) is 6.58. The van der Waals surface area contributed by atoms with E-state index in [0.717, 1.165) is 36.7 Å². The molecule has 0 unspecified atom stereocenters. The first kappa shape index (κ1) is 20.4. The van der Waals surface area contributed by atoms with Crippen molar-refractivity contribution in [3.8, 4) is 17.2 Å². The van der Waals surface area contributed by atoms with Gasteiger partial charge < -0.3 is 24.8 Å². The predicted octanol–water partition coefficient (Wildman–Crippen LogP) is 2.41. The molecule has 2 N–H and O–H groups in total. The highest BCUT2D eigenvalue weighted by molar-refractivity contribution is 5.79. The number of pyridine rings is 1. The van der Waals surface area contributed by atoms with E-state index in [1.54, 1.807) is 27.5 Å². The smallest absolute Gasteiger partial charge is 0.191 e. The summed E-state index contributed by atoms with van der Waals surface area (Å²) in [5.41, 5.74) is 1.96. The molecule has 0 saturated carbocycles. The Morgan fingerprint density at radius 2 is 1.74 bits per heavy atom. The summed E-state index contributed by atoms with van der Waals surface area (Å²) >= 11 is 0. The number of nitrogens with zero attached hydrogens (tertiary/aromatic N) is 2. The maximum Gasteiger partial charge on any atom is 0.191 e. The molecule has 146 valence electrons. The summed E-state index contributed by atoms with van der Waals surface area (Å²) in [6.45, 7) is 4.00. The van der Waals surface area contributed by atoms with Crippen LogP contribution in [0.2, 0.25) is 0 Å². The number of aromatic nitrogens is 1. The lowest BCUT2D eigenvalue weighted by Crippen LogP contribution is -2.38. The highest BCUT2D eigenvalue weighted by atomic mass is 16.5. The third kappa shape index (κ3) is 6.06. The van der Waals surface area contributed by atoms with Crippen LogP contribution in [0.3, 0.4) is 0 Å². The van der Waals surface area contributed by atoms with E-state index in [4.69, 9.17) is 14.2 Å². The lowest BCUT2D eigenvalue weighted by Gasteiger charge is -2.14. The first-order valence-electron chi connectivity index (χ1n) is 8.92. The van der Waals surface area contributed by atoms with Crippen LogP contribution in [-0.4, -0.2) is 45.4 Å². The highest BCUT2D eigenvalue weighted by Crippen LogP contribution is 2.34. The molecule has 0 bridgehead atoms. The van der Waals surface area contributed by atoms with Crippen molar-refractivity contribution in [3.05, 3.63) is 47.8 Å². The van der Waals surface area contributed by atoms with E-state index in [0.29, 0.717) is 23.8 Å². The average Bonchev–Trinajstić information content (AvgIpc) is 2.72. The van der Waals surface area contributed by atoms with Crippen LogP contribution in [0.5, 0.6) is 17.2 Å². The Balaban J connectivity index is 2.06. The first-order valence-corrected chi connectivity index (χ1v) is 8.92. The van der Waals surface area contributed by atoms with Gasteiger partial charge in [-0.3, -0.25) is 4.98 Å². The van der Waals surface area contributed by atoms with Crippen LogP contribution in [0.15, 0.2) is 41.5 Å². The molecule has 0 spiro atoms. The summed E-state index contributed by atoms with van der Waals surface area (Å²) in [6.07, 6.45) is 2.63. The normalized spacial score (nSPS) is 11.0. The van der Waals surface area contributed by atoms with E-state index in [2.05, 4.69) is 20.6 Å². The second-order valence-corrected chi connectivity index (χ2v) is 5.71. The lowest BCUT2D eigenvalue weighted by molar-refractivity contribution is 0.347. The molecule has 2 rings (SSSR count). The minimum atomic E-state index is 0.447. The van der Waals surface area contributed by atoms with E-state index in [1.807, 2.05) is 37.3 Å². The second kappa shape index (κ2) is 10.9.